The zero-order valence-corrected chi connectivity index (χ0v) is 13.5. The zero-order valence-electron chi connectivity index (χ0n) is 12.6. The first-order valence-electron chi connectivity index (χ1n) is 7.28. The molecule has 1 amide bonds. The van der Waals surface area contributed by atoms with Crippen molar-refractivity contribution < 1.29 is 13.2 Å². The molecule has 1 aliphatic heterocycles. The summed E-state index contributed by atoms with van der Waals surface area (Å²) < 4.78 is 27.2. The van der Waals surface area contributed by atoms with E-state index in [-0.39, 0.29) is 10.6 Å². The van der Waals surface area contributed by atoms with Gasteiger partial charge in [0.15, 0.2) is 0 Å². The Morgan fingerprint density at radius 2 is 2.08 bits per heavy atom. The summed E-state index contributed by atoms with van der Waals surface area (Å²) in [6.07, 6.45) is 5.65. The van der Waals surface area contributed by atoms with Crippen LogP contribution in [-0.4, -0.2) is 36.7 Å². The van der Waals surface area contributed by atoms with Crippen molar-refractivity contribution in [2.45, 2.75) is 17.7 Å². The quantitative estimate of drug-likeness (QED) is 0.864. The predicted molar refractivity (Wildman–Crippen MR) is 88.3 cm³/mol. The third-order valence-electron chi connectivity index (χ3n) is 3.32. The van der Waals surface area contributed by atoms with E-state index < -0.39 is 15.9 Å². The zero-order chi connectivity index (χ0) is 17.0. The summed E-state index contributed by atoms with van der Waals surface area (Å²) in [4.78, 5) is 23.9. The van der Waals surface area contributed by atoms with Gasteiger partial charge in [-0.2, -0.15) is 0 Å². The Labute approximate surface area is 139 Å². The van der Waals surface area contributed by atoms with Gasteiger partial charge in [-0.25, -0.2) is 13.4 Å². The highest BCUT2D eigenvalue weighted by atomic mass is 32.2. The van der Waals surface area contributed by atoms with Gasteiger partial charge >= 0.3 is 0 Å². The summed E-state index contributed by atoms with van der Waals surface area (Å²) in [5.74, 6) is -0.00484. The molecule has 0 atom stereocenters. The van der Waals surface area contributed by atoms with Crippen molar-refractivity contribution in [3.63, 3.8) is 0 Å². The largest absolute Gasteiger partial charge is 0.321 e. The van der Waals surface area contributed by atoms with Crippen LogP contribution >= 0.6 is 0 Å². The summed E-state index contributed by atoms with van der Waals surface area (Å²) in [6, 6.07) is 5.99. The Morgan fingerprint density at radius 1 is 1.21 bits per heavy atom. The van der Waals surface area contributed by atoms with Crippen LogP contribution in [0.4, 0.5) is 5.69 Å². The lowest BCUT2D eigenvalue weighted by atomic mass is 10.3. The number of amides is 1. The van der Waals surface area contributed by atoms with Crippen LogP contribution in [0.5, 0.6) is 0 Å². The van der Waals surface area contributed by atoms with Crippen molar-refractivity contribution in [3.05, 3.63) is 48.5 Å². The molecular weight excluding hydrogens is 330 g/mol. The molecule has 0 unspecified atom stereocenters. The molecule has 2 heterocycles. The summed E-state index contributed by atoms with van der Waals surface area (Å²) in [5.41, 5.74) is 0.492. The van der Waals surface area contributed by atoms with Crippen LogP contribution in [0.25, 0.3) is 0 Å². The van der Waals surface area contributed by atoms with Crippen molar-refractivity contribution in [2.75, 3.05) is 11.9 Å². The van der Waals surface area contributed by atoms with E-state index in [9.17, 15) is 13.2 Å². The second kappa shape index (κ2) is 6.75. The molecular formula is C15H15N5O3S. The molecule has 0 spiro atoms. The standard InChI is InChI=1S/C15H15N5O3S/c21-15(13-10-16-7-8-17-13)19-11-3-1-4-12(9-11)24(22,23)20-14-5-2-6-18-14/h1,3-4,7-10H,2,5-6H2,(H,18,20)(H,19,21). The number of hydrogen-bond acceptors (Lipinski definition) is 6. The smallest absolute Gasteiger partial charge is 0.275 e. The highest BCUT2D eigenvalue weighted by Crippen LogP contribution is 2.17. The first-order chi connectivity index (χ1) is 11.5. The molecule has 1 aromatic heterocycles. The Bertz CT molecular complexity index is 881. The second-order valence-corrected chi connectivity index (χ2v) is 6.79. The normalized spacial score (nSPS) is 14.1. The minimum atomic E-state index is -3.73. The van der Waals surface area contributed by atoms with E-state index in [0.717, 1.165) is 6.42 Å². The number of rotatable bonds is 4. The fourth-order valence-electron chi connectivity index (χ4n) is 2.19. The Kier molecular flexibility index (Phi) is 4.52. The molecule has 0 radical (unpaired) electrons. The van der Waals surface area contributed by atoms with E-state index in [2.05, 4.69) is 25.0 Å². The average molecular weight is 345 g/mol. The fourth-order valence-corrected chi connectivity index (χ4v) is 3.32. The van der Waals surface area contributed by atoms with E-state index in [1.165, 1.54) is 30.7 Å². The molecule has 124 valence electrons. The van der Waals surface area contributed by atoms with Gasteiger partial charge in [-0.15, -0.1) is 0 Å². The maximum atomic E-state index is 12.4. The van der Waals surface area contributed by atoms with Crippen LogP contribution in [0.1, 0.15) is 23.3 Å². The molecule has 0 saturated heterocycles. The van der Waals surface area contributed by atoms with Crippen molar-refractivity contribution >= 4 is 27.5 Å². The molecule has 0 bridgehead atoms. The topological polar surface area (TPSA) is 113 Å². The molecule has 8 nitrogen and oxygen atoms in total. The van der Waals surface area contributed by atoms with Gasteiger partial charge in [0.05, 0.1) is 11.1 Å². The third kappa shape index (κ3) is 3.74. The molecule has 9 heteroatoms. The lowest BCUT2D eigenvalue weighted by Gasteiger charge is -2.10. The van der Waals surface area contributed by atoms with E-state index in [1.807, 2.05) is 0 Å². The molecule has 0 saturated carbocycles. The van der Waals surface area contributed by atoms with Crippen molar-refractivity contribution in [2.24, 2.45) is 4.99 Å². The number of sulfonamides is 1. The summed E-state index contributed by atoms with van der Waals surface area (Å²) in [5, 5.41) is 2.60. The number of aliphatic imine (C=N–C) groups is 1. The third-order valence-corrected chi connectivity index (χ3v) is 4.70. The van der Waals surface area contributed by atoms with Crippen LogP contribution in [0.15, 0.2) is 52.7 Å². The summed E-state index contributed by atoms with van der Waals surface area (Å²) >= 11 is 0. The Morgan fingerprint density at radius 3 is 2.79 bits per heavy atom. The highest BCUT2D eigenvalue weighted by Gasteiger charge is 2.19. The average Bonchev–Trinajstić information content (AvgIpc) is 3.08. The maximum Gasteiger partial charge on any atom is 0.275 e. The molecule has 1 aromatic carbocycles. The first-order valence-corrected chi connectivity index (χ1v) is 8.76. The fraction of sp³-hybridized carbons (Fsp3) is 0.200. The molecule has 0 aliphatic carbocycles. The number of amidine groups is 1. The molecule has 1 aliphatic rings. The predicted octanol–water partition coefficient (Wildman–Crippen LogP) is 1.20. The molecule has 3 rings (SSSR count). The number of hydrogen-bond donors (Lipinski definition) is 2. The van der Waals surface area contributed by atoms with Crippen molar-refractivity contribution in [1.29, 1.82) is 0 Å². The minimum absolute atomic E-state index is 0.0500. The van der Waals surface area contributed by atoms with Crippen molar-refractivity contribution in [3.8, 4) is 0 Å². The molecule has 2 N–H and O–H groups in total. The summed E-state index contributed by atoms with van der Waals surface area (Å²) in [7, 11) is -3.73. The number of nitrogens with zero attached hydrogens (tertiary/aromatic N) is 3. The van der Waals surface area contributed by atoms with Crippen LogP contribution in [0.2, 0.25) is 0 Å². The van der Waals surface area contributed by atoms with E-state index >= 15 is 0 Å². The summed E-state index contributed by atoms with van der Waals surface area (Å²) in [6.45, 7) is 0.631. The SMILES string of the molecule is O=C(Nc1cccc(S(=O)(=O)NC2=NCCC2)c1)c1cnccn1. The Balaban J connectivity index is 1.77. The van der Waals surface area contributed by atoms with Gasteiger partial charge < -0.3 is 5.32 Å². The van der Waals surface area contributed by atoms with E-state index in [1.54, 1.807) is 12.1 Å². The van der Waals surface area contributed by atoms with Gasteiger partial charge in [-0.3, -0.25) is 19.5 Å². The molecule has 24 heavy (non-hydrogen) atoms. The lowest BCUT2D eigenvalue weighted by Crippen LogP contribution is -2.29. The van der Waals surface area contributed by atoms with Gasteiger partial charge in [-0.05, 0) is 24.6 Å². The van der Waals surface area contributed by atoms with Gasteiger partial charge in [0.1, 0.15) is 11.5 Å². The highest BCUT2D eigenvalue weighted by molar-refractivity contribution is 7.90. The van der Waals surface area contributed by atoms with E-state index in [4.69, 9.17) is 0 Å². The maximum absolute atomic E-state index is 12.4. The van der Waals surface area contributed by atoms with Crippen molar-refractivity contribution in [1.82, 2.24) is 14.7 Å². The number of carbonyl (C=O) groups is 1. The van der Waals surface area contributed by atoms with Crippen LogP contribution in [0, 0.1) is 0 Å². The minimum Gasteiger partial charge on any atom is -0.321 e. The van der Waals surface area contributed by atoms with Gasteiger partial charge in [-0.1, -0.05) is 6.07 Å². The Hall–Kier alpha value is -2.81. The monoisotopic (exact) mass is 345 g/mol. The number of aromatic nitrogens is 2. The number of carbonyl (C=O) groups excluding carboxylic acids is 1. The number of anilines is 1. The van der Waals surface area contributed by atoms with Gasteiger partial charge in [0.25, 0.3) is 15.9 Å². The van der Waals surface area contributed by atoms with Crippen LogP contribution in [-0.2, 0) is 10.0 Å². The first kappa shape index (κ1) is 16.1. The van der Waals surface area contributed by atoms with Crippen LogP contribution in [0.3, 0.4) is 0 Å². The molecule has 0 fully saturated rings. The number of nitrogens with one attached hydrogen (secondary N) is 2. The van der Waals surface area contributed by atoms with Gasteiger partial charge in [0.2, 0.25) is 0 Å². The van der Waals surface area contributed by atoms with Gasteiger partial charge in [0, 0.05) is 31.0 Å². The second-order valence-electron chi connectivity index (χ2n) is 5.11. The lowest BCUT2D eigenvalue weighted by molar-refractivity contribution is 0.102. The molecule has 2 aromatic rings. The van der Waals surface area contributed by atoms with Crippen LogP contribution < -0.4 is 10.0 Å². The van der Waals surface area contributed by atoms with E-state index in [0.29, 0.717) is 24.5 Å². The number of benzene rings is 1.